The first kappa shape index (κ1) is 15.7. The largest absolute Gasteiger partial charge is 0.340 e. The molecule has 4 nitrogen and oxygen atoms in total. The van der Waals surface area contributed by atoms with E-state index < -0.39 is 5.54 Å². The number of carbonyl (C=O) groups is 2. The van der Waals surface area contributed by atoms with Crippen molar-refractivity contribution in [3.8, 4) is 0 Å². The highest BCUT2D eigenvalue weighted by Gasteiger charge is 2.46. The van der Waals surface area contributed by atoms with Crippen molar-refractivity contribution in [2.45, 2.75) is 69.2 Å². The summed E-state index contributed by atoms with van der Waals surface area (Å²) in [5.41, 5.74) is -0.780. The number of thioether (sulfide) groups is 1. The van der Waals surface area contributed by atoms with E-state index >= 15 is 0 Å². The summed E-state index contributed by atoms with van der Waals surface area (Å²) in [6, 6.07) is -0.360. The molecule has 2 rings (SSSR count). The van der Waals surface area contributed by atoms with E-state index in [1.807, 2.05) is 18.7 Å². The van der Waals surface area contributed by atoms with Gasteiger partial charge in [0.25, 0.3) is 0 Å². The Kier molecular flexibility index (Phi) is 4.38. The first-order valence-corrected chi connectivity index (χ1v) is 8.72. The van der Waals surface area contributed by atoms with E-state index in [0.29, 0.717) is 6.54 Å². The lowest BCUT2D eigenvalue weighted by Gasteiger charge is -2.47. The molecule has 1 aliphatic heterocycles. The van der Waals surface area contributed by atoms with Crippen LogP contribution < -0.4 is 5.32 Å². The van der Waals surface area contributed by atoms with E-state index in [1.165, 1.54) is 19.3 Å². The van der Waals surface area contributed by atoms with E-state index in [2.05, 4.69) is 11.6 Å². The van der Waals surface area contributed by atoms with Gasteiger partial charge in [-0.25, -0.2) is 0 Å². The summed E-state index contributed by atoms with van der Waals surface area (Å²) >= 11 is 1.87. The minimum Gasteiger partial charge on any atom is -0.340 e. The van der Waals surface area contributed by atoms with Crippen molar-refractivity contribution in [1.29, 1.82) is 0 Å². The van der Waals surface area contributed by atoms with Crippen LogP contribution in [-0.4, -0.2) is 45.8 Å². The van der Waals surface area contributed by atoms with Crippen LogP contribution >= 0.6 is 11.8 Å². The third kappa shape index (κ3) is 2.83. The van der Waals surface area contributed by atoms with Gasteiger partial charge in [0.05, 0.1) is 0 Å². The molecule has 0 aromatic rings. The summed E-state index contributed by atoms with van der Waals surface area (Å²) in [6.07, 6.45) is 8.17. The number of rotatable bonds is 3. The minimum absolute atomic E-state index is 0.0401. The monoisotopic (exact) mass is 298 g/mol. The Balaban J connectivity index is 2.20. The highest BCUT2D eigenvalue weighted by molar-refractivity contribution is 8.00. The first-order valence-electron chi connectivity index (χ1n) is 7.50. The molecule has 2 amide bonds. The quantitative estimate of drug-likeness (QED) is 0.869. The van der Waals surface area contributed by atoms with Gasteiger partial charge in [-0.05, 0) is 39.9 Å². The summed E-state index contributed by atoms with van der Waals surface area (Å²) in [5.74, 6) is 0.00487. The molecule has 2 fully saturated rings. The molecule has 0 bridgehead atoms. The molecule has 1 N–H and O–H groups in total. The number of piperazine rings is 1. The van der Waals surface area contributed by atoms with Gasteiger partial charge in [0.15, 0.2) is 0 Å². The highest BCUT2D eigenvalue weighted by Crippen LogP contribution is 2.40. The molecule has 20 heavy (non-hydrogen) atoms. The van der Waals surface area contributed by atoms with Crippen LogP contribution in [0.3, 0.4) is 0 Å². The smallest absolute Gasteiger partial charge is 0.248 e. The van der Waals surface area contributed by atoms with E-state index in [4.69, 9.17) is 0 Å². The van der Waals surface area contributed by atoms with Crippen LogP contribution in [0.15, 0.2) is 0 Å². The van der Waals surface area contributed by atoms with E-state index in [1.54, 1.807) is 18.7 Å². The van der Waals surface area contributed by atoms with Crippen LogP contribution in [0.5, 0.6) is 0 Å². The average molecular weight is 298 g/mol. The number of amides is 2. The second-order valence-electron chi connectivity index (χ2n) is 6.67. The van der Waals surface area contributed by atoms with Gasteiger partial charge in [-0.3, -0.25) is 9.59 Å². The average Bonchev–Trinajstić information content (AvgIpc) is 2.42. The number of nitrogens with zero attached hydrogens (tertiary/aromatic N) is 1. The van der Waals surface area contributed by atoms with Crippen molar-refractivity contribution in [1.82, 2.24) is 10.2 Å². The van der Waals surface area contributed by atoms with Gasteiger partial charge in [-0.2, -0.15) is 11.8 Å². The lowest BCUT2D eigenvalue weighted by molar-refractivity contribution is -0.153. The summed E-state index contributed by atoms with van der Waals surface area (Å²) in [5, 5.41) is 2.82. The van der Waals surface area contributed by atoms with Crippen LogP contribution in [0, 0.1) is 0 Å². The predicted octanol–water partition coefficient (Wildman–Crippen LogP) is 2.18. The van der Waals surface area contributed by atoms with Crippen LogP contribution in [-0.2, 0) is 9.59 Å². The fourth-order valence-corrected chi connectivity index (χ4v) is 4.25. The van der Waals surface area contributed by atoms with E-state index in [0.717, 1.165) is 12.8 Å². The molecule has 2 aliphatic rings. The van der Waals surface area contributed by atoms with Gasteiger partial charge in [0, 0.05) is 11.3 Å². The molecule has 1 unspecified atom stereocenters. The molecule has 0 spiro atoms. The van der Waals surface area contributed by atoms with Gasteiger partial charge in [-0.15, -0.1) is 0 Å². The Bertz CT molecular complexity index is 403. The van der Waals surface area contributed by atoms with E-state index in [9.17, 15) is 9.59 Å². The summed E-state index contributed by atoms with van der Waals surface area (Å²) < 4.78 is 0.135. The SMILES string of the molecule is CSC1(CN2C(=O)C(C)(C)NC(=O)C2C)CCCCC1. The molecular weight excluding hydrogens is 272 g/mol. The molecule has 0 aromatic heterocycles. The van der Waals surface area contributed by atoms with Gasteiger partial charge >= 0.3 is 0 Å². The van der Waals surface area contributed by atoms with Crippen LogP contribution in [0.2, 0.25) is 0 Å². The topological polar surface area (TPSA) is 49.4 Å². The van der Waals surface area contributed by atoms with Gasteiger partial charge < -0.3 is 10.2 Å². The van der Waals surface area contributed by atoms with Crippen molar-refractivity contribution in [2.75, 3.05) is 12.8 Å². The maximum absolute atomic E-state index is 12.6. The van der Waals surface area contributed by atoms with Crippen molar-refractivity contribution in [3.63, 3.8) is 0 Å². The second-order valence-corrected chi connectivity index (χ2v) is 7.95. The van der Waals surface area contributed by atoms with Crippen molar-refractivity contribution >= 4 is 23.6 Å². The fourth-order valence-electron chi connectivity index (χ4n) is 3.28. The molecule has 1 saturated heterocycles. The van der Waals surface area contributed by atoms with Crippen molar-refractivity contribution < 1.29 is 9.59 Å². The Labute approximate surface area is 126 Å². The molecule has 114 valence electrons. The maximum Gasteiger partial charge on any atom is 0.248 e. The summed E-state index contributed by atoms with van der Waals surface area (Å²) in [7, 11) is 0. The lowest BCUT2D eigenvalue weighted by atomic mass is 9.86. The van der Waals surface area contributed by atoms with Crippen molar-refractivity contribution in [2.24, 2.45) is 0 Å². The maximum atomic E-state index is 12.6. The number of hydrogen-bond donors (Lipinski definition) is 1. The third-order valence-corrected chi connectivity index (χ3v) is 6.14. The zero-order valence-electron chi connectivity index (χ0n) is 13.0. The molecule has 1 atom stereocenters. The van der Waals surface area contributed by atoms with Gasteiger partial charge in [0.1, 0.15) is 11.6 Å². The minimum atomic E-state index is -0.780. The number of carbonyl (C=O) groups excluding carboxylic acids is 2. The Morgan fingerprint density at radius 2 is 1.85 bits per heavy atom. The van der Waals surface area contributed by atoms with Crippen molar-refractivity contribution in [3.05, 3.63) is 0 Å². The molecule has 1 saturated carbocycles. The van der Waals surface area contributed by atoms with Crippen LogP contribution in [0.4, 0.5) is 0 Å². The predicted molar refractivity (Wildman–Crippen MR) is 82.7 cm³/mol. The Morgan fingerprint density at radius 1 is 1.25 bits per heavy atom. The molecule has 0 aromatic carbocycles. The molecule has 5 heteroatoms. The molecular formula is C15H26N2O2S. The van der Waals surface area contributed by atoms with Crippen LogP contribution in [0.1, 0.15) is 52.9 Å². The fraction of sp³-hybridized carbons (Fsp3) is 0.867. The molecule has 0 radical (unpaired) electrons. The first-order chi connectivity index (χ1) is 9.31. The van der Waals surface area contributed by atoms with Gasteiger partial charge in [0.2, 0.25) is 11.8 Å². The molecule has 1 aliphatic carbocycles. The Morgan fingerprint density at radius 3 is 2.40 bits per heavy atom. The van der Waals surface area contributed by atoms with Gasteiger partial charge in [-0.1, -0.05) is 19.3 Å². The number of hydrogen-bond acceptors (Lipinski definition) is 3. The Hall–Kier alpha value is -0.710. The highest BCUT2D eigenvalue weighted by atomic mass is 32.2. The third-order valence-electron chi connectivity index (χ3n) is 4.73. The van der Waals surface area contributed by atoms with Crippen LogP contribution in [0.25, 0.3) is 0 Å². The molecule has 1 heterocycles. The summed E-state index contributed by atoms with van der Waals surface area (Å²) in [6.45, 7) is 6.11. The standard InChI is InChI=1S/C15H26N2O2S/c1-11-12(18)16-14(2,3)13(19)17(11)10-15(20-4)8-6-5-7-9-15/h11H,5-10H2,1-4H3,(H,16,18). The lowest BCUT2D eigenvalue weighted by Crippen LogP contribution is -2.68. The normalized spacial score (nSPS) is 29.2. The zero-order chi connectivity index (χ0) is 15.0. The number of nitrogens with one attached hydrogen (secondary N) is 1. The summed E-state index contributed by atoms with van der Waals surface area (Å²) in [4.78, 5) is 26.5. The zero-order valence-corrected chi connectivity index (χ0v) is 13.8. The second kappa shape index (κ2) is 5.58. The van der Waals surface area contributed by atoms with E-state index in [-0.39, 0.29) is 22.6 Å².